The first-order valence-corrected chi connectivity index (χ1v) is 4.91. The Morgan fingerprint density at radius 1 is 1.43 bits per heavy atom. The van der Waals surface area contributed by atoms with E-state index in [0.29, 0.717) is 0 Å². The van der Waals surface area contributed by atoms with E-state index in [4.69, 9.17) is 4.74 Å². The Morgan fingerprint density at radius 3 is 2.79 bits per heavy atom. The molecule has 0 fully saturated rings. The topological polar surface area (TPSA) is 29.5 Å². The first kappa shape index (κ1) is 9.53. The summed E-state index contributed by atoms with van der Waals surface area (Å²) >= 11 is 0. The van der Waals surface area contributed by atoms with Crippen molar-refractivity contribution in [1.82, 2.24) is 0 Å². The summed E-state index contributed by atoms with van der Waals surface area (Å²) in [5, 5.41) is 9.88. The molecule has 0 aliphatic heterocycles. The molecule has 14 heavy (non-hydrogen) atoms. The largest absolute Gasteiger partial charge is 0.497 e. The zero-order valence-electron chi connectivity index (χ0n) is 8.87. The van der Waals surface area contributed by atoms with Gasteiger partial charge in [-0.2, -0.15) is 0 Å². The summed E-state index contributed by atoms with van der Waals surface area (Å²) in [5.41, 5.74) is 2.35. The lowest BCUT2D eigenvalue weighted by molar-refractivity contribution is 0.161. The number of ether oxygens (including phenoxy) is 1. The van der Waals surface area contributed by atoms with Crippen LogP contribution in [-0.4, -0.2) is 12.2 Å². The molecule has 1 aliphatic rings. The minimum absolute atomic E-state index is 0.0843. The third-order valence-electron chi connectivity index (χ3n) is 3.05. The van der Waals surface area contributed by atoms with Gasteiger partial charge in [0.25, 0.3) is 0 Å². The van der Waals surface area contributed by atoms with Gasteiger partial charge in [-0.15, -0.1) is 0 Å². The molecule has 0 amide bonds. The van der Waals surface area contributed by atoms with Crippen molar-refractivity contribution in [1.29, 1.82) is 0 Å². The van der Waals surface area contributed by atoms with Gasteiger partial charge in [-0.05, 0) is 35.1 Å². The van der Waals surface area contributed by atoms with Crippen molar-refractivity contribution in [2.24, 2.45) is 0 Å². The van der Waals surface area contributed by atoms with Gasteiger partial charge in [0.2, 0.25) is 0 Å². The van der Waals surface area contributed by atoms with Crippen LogP contribution in [0.3, 0.4) is 0 Å². The molecule has 2 nitrogen and oxygen atoms in total. The van der Waals surface area contributed by atoms with Crippen LogP contribution in [-0.2, 0) is 5.41 Å². The van der Waals surface area contributed by atoms with Gasteiger partial charge in [0.1, 0.15) is 5.75 Å². The van der Waals surface area contributed by atoms with E-state index in [0.717, 1.165) is 17.7 Å². The zero-order valence-corrected chi connectivity index (χ0v) is 8.87. The molecule has 0 heterocycles. The molecule has 0 bridgehead atoms. The van der Waals surface area contributed by atoms with Gasteiger partial charge in [-0.1, -0.05) is 19.9 Å². The Balaban J connectivity index is 2.52. The second kappa shape index (κ2) is 2.99. The summed E-state index contributed by atoms with van der Waals surface area (Å²) in [7, 11) is 1.65. The van der Waals surface area contributed by atoms with Crippen LogP contribution in [0.5, 0.6) is 5.75 Å². The van der Waals surface area contributed by atoms with E-state index in [1.54, 1.807) is 7.11 Å². The lowest BCUT2D eigenvalue weighted by atomic mass is 9.86. The lowest BCUT2D eigenvalue weighted by Crippen LogP contribution is -2.12. The van der Waals surface area contributed by atoms with Crippen LogP contribution < -0.4 is 4.74 Å². The van der Waals surface area contributed by atoms with E-state index in [1.165, 1.54) is 5.56 Å². The number of benzene rings is 1. The number of methoxy groups -OCH3 is 1. The molecule has 1 N–H and O–H groups in total. The van der Waals surface area contributed by atoms with Gasteiger partial charge in [0.15, 0.2) is 0 Å². The molecule has 0 saturated carbocycles. The summed E-state index contributed by atoms with van der Waals surface area (Å²) in [6, 6.07) is 5.96. The van der Waals surface area contributed by atoms with Gasteiger partial charge in [0.05, 0.1) is 13.2 Å². The summed E-state index contributed by atoms with van der Waals surface area (Å²) < 4.78 is 5.14. The van der Waals surface area contributed by atoms with Gasteiger partial charge in [-0.25, -0.2) is 0 Å². The quantitative estimate of drug-likeness (QED) is 0.740. The smallest absolute Gasteiger partial charge is 0.119 e. The molecule has 0 aromatic heterocycles. The summed E-state index contributed by atoms with van der Waals surface area (Å²) in [5.74, 6) is 0.820. The SMILES string of the molecule is COc1ccc2c(c1)C(O)CC2(C)C. The molecule has 0 spiro atoms. The maximum atomic E-state index is 9.88. The third kappa shape index (κ3) is 1.30. The third-order valence-corrected chi connectivity index (χ3v) is 3.05. The Labute approximate surface area is 84.5 Å². The monoisotopic (exact) mass is 192 g/mol. The molecule has 0 saturated heterocycles. The van der Waals surface area contributed by atoms with Crippen molar-refractivity contribution in [2.75, 3.05) is 7.11 Å². The number of fused-ring (bicyclic) bond motifs is 1. The Hall–Kier alpha value is -1.02. The molecule has 0 radical (unpaired) electrons. The number of aliphatic hydroxyl groups excluding tert-OH is 1. The standard InChI is InChI=1S/C12H16O2/c1-12(2)7-11(13)9-6-8(14-3)4-5-10(9)12/h4-6,11,13H,7H2,1-3H3. The van der Waals surface area contributed by atoms with Crippen LogP contribution >= 0.6 is 0 Å². The van der Waals surface area contributed by atoms with E-state index >= 15 is 0 Å². The van der Waals surface area contributed by atoms with E-state index in [1.807, 2.05) is 12.1 Å². The first-order valence-electron chi connectivity index (χ1n) is 4.91. The van der Waals surface area contributed by atoms with E-state index < -0.39 is 0 Å². The molecule has 2 heteroatoms. The highest BCUT2D eigenvalue weighted by atomic mass is 16.5. The molecule has 1 unspecified atom stereocenters. The second-order valence-corrected chi connectivity index (χ2v) is 4.56. The molecular weight excluding hydrogens is 176 g/mol. The highest BCUT2D eigenvalue weighted by molar-refractivity contribution is 5.44. The predicted octanol–water partition coefficient (Wildman–Crippen LogP) is 2.41. The minimum atomic E-state index is -0.338. The average Bonchev–Trinajstić information content (AvgIpc) is 2.37. The summed E-state index contributed by atoms with van der Waals surface area (Å²) in [6.45, 7) is 4.32. The van der Waals surface area contributed by atoms with Gasteiger partial charge in [-0.3, -0.25) is 0 Å². The van der Waals surface area contributed by atoms with Crippen molar-refractivity contribution < 1.29 is 9.84 Å². The maximum absolute atomic E-state index is 9.88. The van der Waals surface area contributed by atoms with E-state index in [-0.39, 0.29) is 11.5 Å². The molecule has 1 aromatic rings. The summed E-state index contributed by atoms with van der Waals surface area (Å²) in [4.78, 5) is 0. The maximum Gasteiger partial charge on any atom is 0.119 e. The van der Waals surface area contributed by atoms with Crippen molar-refractivity contribution in [3.8, 4) is 5.75 Å². The number of aliphatic hydroxyl groups is 1. The van der Waals surface area contributed by atoms with E-state index in [2.05, 4.69) is 19.9 Å². The van der Waals surface area contributed by atoms with Crippen LogP contribution in [0.25, 0.3) is 0 Å². The Kier molecular flexibility index (Phi) is 2.04. The highest BCUT2D eigenvalue weighted by Crippen LogP contribution is 2.45. The van der Waals surface area contributed by atoms with Gasteiger partial charge >= 0.3 is 0 Å². The normalized spacial score (nSPS) is 23.3. The lowest BCUT2D eigenvalue weighted by Gasteiger charge is -2.18. The number of rotatable bonds is 1. The van der Waals surface area contributed by atoms with Crippen LogP contribution in [0.15, 0.2) is 18.2 Å². The fourth-order valence-electron chi connectivity index (χ4n) is 2.26. The molecule has 1 aliphatic carbocycles. The first-order chi connectivity index (χ1) is 6.54. The van der Waals surface area contributed by atoms with Crippen LogP contribution in [0.2, 0.25) is 0 Å². The van der Waals surface area contributed by atoms with Crippen LogP contribution in [0, 0.1) is 0 Å². The molecule has 2 rings (SSSR count). The second-order valence-electron chi connectivity index (χ2n) is 4.56. The van der Waals surface area contributed by atoms with Crippen molar-refractivity contribution in [3.05, 3.63) is 29.3 Å². The predicted molar refractivity (Wildman–Crippen MR) is 55.6 cm³/mol. The Morgan fingerprint density at radius 2 is 2.14 bits per heavy atom. The van der Waals surface area contributed by atoms with Crippen LogP contribution in [0.4, 0.5) is 0 Å². The molecule has 76 valence electrons. The Bertz CT molecular complexity index is 355. The minimum Gasteiger partial charge on any atom is -0.497 e. The number of hydrogen-bond donors (Lipinski definition) is 1. The van der Waals surface area contributed by atoms with Crippen LogP contribution in [0.1, 0.15) is 37.5 Å². The molecule has 1 aromatic carbocycles. The van der Waals surface area contributed by atoms with Gasteiger partial charge < -0.3 is 9.84 Å². The average molecular weight is 192 g/mol. The van der Waals surface area contributed by atoms with Crippen molar-refractivity contribution >= 4 is 0 Å². The fraction of sp³-hybridized carbons (Fsp3) is 0.500. The fourth-order valence-corrected chi connectivity index (χ4v) is 2.26. The number of hydrogen-bond acceptors (Lipinski definition) is 2. The van der Waals surface area contributed by atoms with E-state index in [9.17, 15) is 5.11 Å². The van der Waals surface area contributed by atoms with Crippen molar-refractivity contribution in [3.63, 3.8) is 0 Å². The van der Waals surface area contributed by atoms with Gasteiger partial charge in [0, 0.05) is 0 Å². The summed E-state index contributed by atoms with van der Waals surface area (Å²) in [6.07, 6.45) is 0.463. The highest BCUT2D eigenvalue weighted by Gasteiger charge is 2.35. The molecular formula is C12H16O2. The zero-order chi connectivity index (χ0) is 10.3. The van der Waals surface area contributed by atoms with Crippen molar-refractivity contribution in [2.45, 2.75) is 31.8 Å². The molecule has 1 atom stereocenters.